The van der Waals surface area contributed by atoms with Crippen molar-refractivity contribution in [2.75, 3.05) is 6.61 Å². The second kappa shape index (κ2) is 7.62. The van der Waals surface area contributed by atoms with Gasteiger partial charge in [0.1, 0.15) is 12.4 Å². The van der Waals surface area contributed by atoms with Crippen LogP contribution in [0.25, 0.3) is 0 Å². The monoisotopic (exact) mass is 331 g/mol. The average molecular weight is 331 g/mol. The normalized spacial score (nSPS) is 20.7. The zero-order valence-electron chi connectivity index (χ0n) is 14.7. The summed E-state index contributed by atoms with van der Waals surface area (Å²) in [6, 6.07) is 7.16. The summed E-state index contributed by atoms with van der Waals surface area (Å²) in [6.45, 7) is 8.49. The minimum atomic E-state index is -0.628. The summed E-state index contributed by atoms with van der Waals surface area (Å²) in [4.78, 5) is 24.4. The van der Waals surface area contributed by atoms with Crippen LogP contribution in [0.2, 0.25) is 0 Å². The number of hydrogen-bond acceptors (Lipinski definition) is 4. The molecule has 1 heterocycles. The average Bonchev–Trinajstić information content (AvgIpc) is 2.72. The highest BCUT2D eigenvalue weighted by Crippen LogP contribution is 2.38. The number of hydroxylamine groups is 2. The molecule has 1 aliphatic rings. The highest BCUT2D eigenvalue weighted by molar-refractivity contribution is 6.06. The lowest BCUT2D eigenvalue weighted by atomic mass is 9.83. The van der Waals surface area contributed by atoms with Gasteiger partial charge >= 0.3 is 0 Å². The highest BCUT2D eigenvalue weighted by Gasteiger charge is 2.48. The molecular formula is C19H25NO4. The molecule has 1 N–H and O–H groups in total. The fourth-order valence-corrected chi connectivity index (χ4v) is 2.91. The number of rotatable bonds is 6. The van der Waals surface area contributed by atoms with Crippen molar-refractivity contribution in [3.05, 3.63) is 41.5 Å². The van der Waals surface area contributed by atoms with Crippen LogP contribution in [-0.2, 0) is 9.59 Å². The summed E-state index contributed by atoms with van der Waals surface area (Å²) in [5.74, 6) is -1.25. The Hall–Kier alpha value is -2.14. The Balaban J connectivity index is 2.17. The lowest BCUT2D eigenvalue weighted by Gasteiger charge is -2.17. The first kappa shape index (κ1) is 18.2. The lowest BCUT2D eigenvalue weighted by Crippen LogP contribution is -2.27. The third-order valence-corrected chi connectivity index (χ3v) is 4.11. The van der Waals surface area contributed by atoms with Crippen LogP contribution in [0.5, 0.6) is 5.75 Å². The van der Waals surface area contributed by atoms with Crippen molar-refractivity contribution in [3.63, 3.8) is 0 Å². The van der Waals surface area contributed by atoms with E-state index in [2.05, 4.69) is 0 Å². The van der Waals surface area contributed by atoms with Crippen LogP contribution < -0.4 is 4.74 Å². The predicted molar refractivity (Wildman–Crippen MR) is 90.7 cm³/mol. The maximum absolute atomic E-state index is 12.3. The van der Waals surface area contributed by atoms with Gasteiger partial charge in [-0.05, 0) is 50.0 Å². The summed E-state index contributed by atoms with van der Waals surface area (Å²) in [7, 11) is 0. The molecule has 0 bridgehead atoms. The molecule has 1 aromatic rings. The number of allylic oxidation sites excluding steroid dienone is 1. The second-order valence-electron chi connectivity index (χ2n) is 6.86. The van der Waals surface area contributed by atoms with Crippen molar-refractivity contribution in [3.8, 4) is 5.75 Å². The topological polar surface area (TPSA) is 66.8 Å². The first-order valence-corrected chi connectivity index (χ1v) is 8.24. The molecule has 2 atom stereocenters. The lowest BCUT2D eigenvalue weighted by molar-refractivity contribution is -0.172. The summed E-state index contributed by atoms with van der Waals surface area (Å²) in [6.07, 6.45) is 2.54. The van der Waals surface area contributed by atoms with Gasteiger partial charge in [-0.2, -0.15) is 5.06 Å². The fraction of sp³-hybridized carbons (Fsp3) is 0.474. The largest absolute Gasteiger partial charge is 0.490 e. The molecule has 2 amide bonds. The van der Waals surface area contributed by atoms with E-state index in [1.807, 2.05) is 33.8 Å². The molecule has 0 spiro atoms. The Morgan fingerprint density at radius 2 is 1.83 bits per heavy atom. The van der Waals surface area contributed by atoms with Gasteiger partial charge in [-0.15, -0.1) is 0 Å². The molecule has 130 valence electrons. The van der Waals surface area contributed by atoms with E-state index in [-0.39, 0.29) is 11.0 Å². The molecule has 1 aromatic carbocycles. The number of benzene rings is 1. The van der Waals surface area contributed by atoms with Gasteiger partial charge in [0.2, 0.25) is 0 Å². The third kappa shape index (κ3) is 4.03. The number of carbonyl (C=O) groups is 2. The molecule has 0 saturated carbocycles. The number of carbonyl (C=O) groups excluding carboxylic acids is 2. The molecule has 0 radical (unpaired) electrons. The van der Waals surface area contributed by atoms with Crippen molar-refractivity contribution in [1.29, 1.82) is 0 Å². The number of imide groups is 1. The van der Waals surface area contributed by atoms with Gasteiger partial charge in [-0.3, -0.25) is 14.8 Å². The zero-order valence-corrected chi connectivity index (χ0v) is 14.7. The highest BCUT2D eigenvalue weighted by atomic mass is 16.5. The molecule has 5 heteroatoms. The van der Waals surface area contributed by atoms with Gasteiger partial charge < -0.3 is 4.74 Å². The van der Waals surface area contributed by atoms with Crippen LogP contribution in [0, 0.1) is 11.8 Å². The fourth-order valence-electron chi connectivity index (χ4n) is 2.91. The van der Waals surface area contributed by atoms with Crippen LogP contribution in [0.15, 0.2) is 35.9 Å². The van der Waals surface area contributed by atoms with E-state index in [4.69, 9.17) is 4.74 Å². The van der Waals surface area contributed by atoms with Gasteiger partial charge in [0.25, 0.3) is 11.8 Å². The predicted octanol–water partition coefficient (Wildman–Crippen LogP) is 3.54. The summed E-state index contributed by atoms with van der Waals surface area (Å²) in [5, 5.41) is 9.98. The van der Waals surface area contributed by atoms with Crippen LogP contribution >= 0.6 is 0 Å². The molecule has 0 aliphatic carbocycles. The van der Waals surface area contributed by atoms with Crippen molar-refractivity contribution >= 4 is 11.8 Å². The Kier molecular flexibility index (Phi) is 5.78. The molecule has 1 fully saturated rings. The Labute approximate surface area is 142 Å². The number of ether oxygens (including phenoxy) is 1. The van der Waals surface area contributed by atoms with Crippen LogP contribution in [0.4, 0.5) is 0 Å². The Morgan fingerprint density at radius 3 is 2.38 bits per heavy atom. The van der Waals surface area contributed by atoms with E-state index in [1.54, 1.807) is 24.3 Å². The number of hydrogen-bond donors (Lipinski definition) is 1. The van der Waals surface area contributed by atoms with E-state index in [0.717, 1.165) is 5.56 Å². The quantitative estimate of drug-likeness (QED) is 0.492. The van der Waals surface area contributed by atoms with E-state index in [1.165, 1.54) is 5.57 Å². The first-order valence-electron chi connectivity index (χ1n) is 8.24. The molecule has 1 saturated heterocycles. The molecule has 1 aliphatic heterocycles. The summed E-state index contributed by atoms with van der Waals surface area (Å²) in [5.41, 5.74) is 1.91. The molecular weight excluding hydrogens is 306 g/mol. The van der Waals surface area contributed by atoms with Crippen LogP contribution in [-0.4, -0.2) is 28.7 Å². The maximum atomic E-state index is 12.3. The molecule has 24 heavy (non-hydrogen) atoms. The van der Waals surface area contributed by atoms with Crippen LogP contribution in [0.3, 0.4) is 0 Å². The Bertz CT molecular complexity index is 629. The van der Waals surface area contributed by atoms with Crippen molar-refractivity contribution in [2.24, 2.45) is 11.8 Å². The van der Waals surface area contributed by atoms with E-state index in [9.17, 15) is 14.8 Å². The van der Waals surface area contributed by atoms with E-state index in [0.29, 0.717) is 18.8 Å². The SMILES string of the molecule is CC(C)=CCOc1ccc([C@H]2C(=O)N(O)C(=O)C2CC(C)C)cc1. The minimum Gasteiger partial charge on any atom is -0.490 e. The smallest absolute Gasteiger partial charge is 0.261 e. The Morgan fingerprint density at radius 1 is 1.21 bits per heavy atom. The van der Waals surface area contributed by atoms with Crippen molar-refractivity contribution in [2.45, 2.75) is 40.0 Å². The van der Waals surface area contributed by atoms with E-state index >= 15 is 0 Å². The molecule has 2 rings (SSSR count). The van der Waals surface area contributed by atoms with Crippen molar-refractivity contribution < 1.29 is 19.5 Å². The van der Waals surface area contributed by atoms with Gasteiger partial charge in [0.05, 0.1) is 11.8 Å². The van der Waals surface area contributed by atoms with Gasteiger partial charge in [0.15, 0.2) is 0 Å². The molecule has 5 nitrogen and oxygen atoms in total. The zero-order chi connectivity index (χ0) is 17.9. The number of amides is 2. The van der Waals surface area contributed by atoms with Crippen LogP contribution in [0.1, 0.15) is 45.6 Å². The van der Waals surface area contributed by atoms with Gasteiger partial charge in [-0.1, -0.05) is 31.6 Å². The summed E-state index contributed by atoms with van der Waals surface area (Å²) >= 11 is 0. The van der Waals surface area contributed by atoms with Gasteiger partial charge in [0, 0.05) is 0 Å². The van der Waals surface area contributed by atoms with Gasteiger partial charge in [-0.25, -0.2) is 0 Å². The van der Waals surface area contributed by atoms with Crippen molar-refractivity contribution in [1.82, 2.24) is 5.06 Å². The first-order chi connectivity index (χ1) is 11.3. The second-order valence-corrected chi connectivity index (χ2v) is 6.86. The third-order valence-electron chi connectivity index (χ3n) is 4.11. The number of nitrogens with zero attached hydrogens (tertiary/aromatic N) is 1. The molecule has 1 unspecified atom stereocenters. The van der Waals surface area contributed by atoms with E-state index < -0.39 is 23.7 Å². The molecule has 0 aromatic heterocycles. The standard InChI is InChI=1S/C19H25NO4/c1-12(2)9-10-24-15-7-5-14(6-8-15)17-16(11-13(3)4)18(21)20(23)19(17)22/h5-9,13,16-17,23H,10-11H2,1-4H3/t16?,17-/m1/s1. The summed E-state index contributed by atoms with van der Waals surface area (Å²) < 4.78 is 5.61. The minimum absolute atomic E-state index is 0.257. The maximum Gasteiger partial charge on any atom is 0.261 e.